The normalized spacial score (nSPS) is 11.2. The fourth-order valence-corrected chi connectivity index (χ4v) is 3.70. The maximum absolute atomic E-state index is 13.1. The van der Waals surface area contributed by atoms with Crippen molar-refractivity contribution in [1.29, 1.82) is 0 Å². The van der Waals surface area contributed by atoms with Crippen molar-refractivity contribution >= 4 is 47.0 Å². The summed E-state index contributed by atoms with van der Waals surface area (Å²) < 4.78 is 0. The minimum atomic E-state index is -0.349. The Bertz CT molecular complexity index is 1480. The van der Waals surface area contributed by atoms with Crippen molar-refractivity contribution in [2.45, 2.75) is 0 Å². The molecule has 38 heavy (non-hydrogen) atoms. The Balaban J connectivity index is 1.30. The van der Waals surface area contributed by atoms with Crippen molar-refractivity contribution < 1.29 is 9.59 Å². The number of nitrogens with zero attached hydrogens (tertiary/aromatic N) is 2. The number of aromatic amines is 2. The van der Waals surface area contributed by atoms with Gasteiger partial charge in [0.15, 0.2) is 0 Å². The predicted octanol–water partition coefficient (Wildman–Crippen LogP) is 6.35. The van der Waals surface area contributed by atoms with Gasteiger partial charge in [0.05, 0.1) is 46.6 Å². The molecule has 0 saturated heterocycles. The number of hydrogen-bond acceptors (Lipinski definition) is 4. The highest BCUT2D eigenvalue weighted by Gasteiger charge is 2.13. The molecule has 0 unspecified atom stereocenters. The Kier molecular flexibility index (Phi) is 7.32. The van der Waals surface area contributed by atoms with Crippen molar-refractivity contribution in [3.8, 4) is 0 Å². The Morgan fingerprint density at radius 2 is 1.05 bits per heavy atom. The summed E-state index contributed by atoms with van der Waals surface area (Å²) in [6.45, 7) is 0. The van der Waals surface area contributed by atoms with E-state index in [1.807, 2.05) is 73.1 Å². The smallest absolute Gasteiger partial charge is 0.255 e. The highest BCUT2D eigenvalue weighted by molar-refractivity contribution is 6.10. The Hall–Kier alpha value is -5.50. The number of nitrogens with one attached hydrogen (secondary N) is 4. The van der Waals surface area contributed by atoms with E-state index in [0.29, 0.717) is 33.9 Å². The van der Waals surface area contributed by atoms with Crippen LogP contribution in [0.4, 0.5) is 22.7 Å². The molecule has 2 heterocycles. The molecule has 0 spiro atoms. The van der Waals surface area contributed by atoms with Crippen LogP contribution in [0.3, 0.4) is 0 Å². The van der Waals surface area contributed by atoms with Gasteiger partial charge in [-0.25, -0.2) is 0 Å². The van der Waals surface area contributed by atoms with E-state index in [0.717, 1.165) is 11.4 Å². The molecule has 0 radical (unpaired) electrons. The van der Waals surface area contributed by atoms with Gasteiger partial charge in [-0.3, -0.25) is 19.6 Å². The molecule has 8 heteroatoms. The molecular weight excluding hydrogens is 476 g/mol. The van der Waals surface area contributed by atoms with E-state index in [1.165, 1.54) is 0 Å². The first-order valence-corrected chi connectivity index (χ1v) is 11.9. The maximum Gasteiger partial charge on any atom is 0.255 e. The molecule has 0 saturated carbocycles. The number of carbonyl (C=O) groups excluding carboxylic acids is 2. The fraction of sp³-hybridized carbons (Fsp3) is 0. The summed E-state index contributed by atoms with van der Waals surface area (Å²) in [6, 6.07) is 28.6. The van der Waals surface area contributed by atoms with E-state index < -0.39 is 0 Å². The van der Waals surface area contributed by atoms with E-state index in [-0.39, 0.29) is 11.8 Å². The van der Waals surface area contributed by atoms with E-state index in [4.69, 9.17) is 0 Å². The zero-order chi connectivity index (χ0) is 26.2. The topological polar surface area (TPSA) is 114 Å². The predicted molar refractivity (Wildman–Crippen MR) is 151 cm³/mol. The van der Waals surface area contributed by atoms with Gasteiger partial charge in [0.25, 0.3) is 11.8 Å². The summed E-state index contributed by atoms with van der Waals surface area (Å²) >= 11 is 0. The van der Waals surface area contributed by atoms with Gasteiger partial charge >= 0.3 is 0 Å². The minimum absolute atomic E-state index is 0.346. The zero-order valence-electron chi connectivity index (χ0n) is 20.3. The molecular formula is C30H24N6O2. The van der Waals surface area contributed by atoms with Crippen molar-refractivity contribution in [3.63, 3.8) is 0 Å². The molecule has 3 aromatic carbocycles. The highest BCUT2D eigenvalue weighted by atomic mass is 16.2. The van der Waals surface area contributed by atoms with E-state index in [2.05, 4.69) is 30.6 Å². The highest BCUT2D eigenvalue weighted by Crippen LogP contribution is 2.26. The Morgan fingerprint density at radius 1 is 0.579 bits per heavy atom. The third-order valence-electron chi connectivity index (χ3n) is 5.62. The lowest BCUT2D eigenvalue weighted by molar-refractivity contribution is 0.102. The summed E-state index contributed by atoms with van der Waals surface area (Å²) in [5, 5.41) is 5.79. The average molecular weight is 501 g/mol. The van der Waals surface area contributed by atoms with Gasteiger partial charge in [-0.15, -0.1) is 0 Å². The molecule has 5 rings (SSSR count). The van der Waals surface area contributed by atoms with Gasteiger partial charge in [0.2, 0.25) is 0 Å². The SMILES string of the molecule is O=C(Nc1ccccc1N=Cc1ccc[nH]1)c1cccc(C(=O)Nc2ccccc2N=Cc2ccc[nH]2)c1. The van der Waals surface area contributed by atoms with Crippen LogP contribution in [0.25, 0.3) is 0 Å². The lowest BCUT2D eigenvalue weighted by Crippen LogP contribution is -2.15. The van der Waals surface area contributed by atoms with Crippen molar-refractivity contribution in [1.82, 2.24) is 9.97 Å². The van der Waals surface area contributed by atoms with E-state index in [1.54, 1.807) is 48.8 Å². The number of benzene rings is 3. The maximum atomic E-state index is 13.1. The molecule has 4 N–H and O–H groups in total. The second-order valence-electron chi connectivity index (χ2n) is 8.29. The molecule has 0 aliphatic carbocycles. The monoisotopic (exact) mass is 500 g/mol. The second-order valence-corrected chi connectivity index (χ2v) is 8.29. The summed E-state index contributed by atoms with van der Waals surface area (Å²) in [6.07, 6.45) is 7.01. The minimum Gasteiger partial charge on any atom is -0.360 e. The van der Waals surface area contributed by atoms with Crippen LogP contribution in [0.5, 0.6) is 0 Å². The summed E-state index contributed by atoms with van der Waals surface area (Å²) in [4.78, 5) is 41.2. The number of H-pyrrole nitrogens is 2. The quantitative estimate of drug-likeness (QED) is 0.186. The molecule has 5 aromatic rings. The molecule has 8 nitrogen and oxygen atoms in total. The van der Waals surface area contributed by atoms with Crippen molar-refractivity contribution in [3.05, 3.63) is 132 Å². The molecule has 0 atom stereocenters. The van der Waals surface area contributed by atoms with E-state index in [9.17, 15) is 9.59 Å². The molecule has 2 amide bonds. The molecule has 0 bridgehead atoms. The fourth-order valence-electron chi connectivity index (χ4n) is 3.70. The van der Waals surface area contributed by atoms with Gasteiger partial charge < -0.3 is 20.6 Å². The summed E-state index contributed by atoms with van der Waals surface area (Å²) in [7, 11) is 0. The Morgan fingerprint density at radius 3 is 1.50 bits per heavy atom. The second kappa shape index (κ2) is 11.5. The molecule has 186 valence electrons. The standard InChI is InChI=1S/C30H24N6O2/c37-29(35-27-14-3-1-12-25(27)33-19-23-10-6-16-31-23)21-8-5-9-22(18-21)30(38)36-28-15-4-2-13-26(28)34-20-24-11-7-17-32-24/h1-20,31-32H,(H,35,37)(H,36,38). The number of anilines is 2. The van der Waals surface area contributed by atoms with Gasteiger partial charge in [-0.2, -0.15) is 0 Å². The van der Waals surface area contributed by atoms with Crippen LogP contribution in [0.1, 0.15) is 32.1 Å². The van der Waals surface area contributed by atoms with Crippen LogP contribution in [0.2, 0.25) is 0 Å². The molecule has 2 aromatic heterocycles. The Labute approximate surface area is 219 Å². The molecule has 0 fully saturated rings. The lowest BCUT2D eigenvalue weighted by atomic mass is 10.1. The lowest BCUT2D eigenvalue weighted by Gasteiger charge is -2.10. The zero-order valence-corrected chi connectivity index (χ0v) is 20.3. The third kappa shape index (κ3) is 6.00. The number of aliphatic imine (C=N–C) groups is 2. The van der Waals surface area contributed by atoms with Crippen molar-refractivity contribution in [2.24, 2.45) is 9.98 Å². The van der Waals surface area contributed by atoms with Gasteiger partial charge in [-0.1, -0.05) is 30.3 Å². The number of para-hydroxylation sites is 4. The van der Waals surface area contributed by atoms with Gasteiger partial charge in [0.1, 0.15) is 0 Å². The largest absolute Gasteiger partial charge is 0.360 e. The first-order valence-electron chi connectivity index (χ1n) is 11.9. The summed E-state index contributed by atoms with van der Waals surface area (Å²) in [5.74, 6) is -0.698. The summed E-state index contributed by atoms with van der Waals surface area (Å²) in [5.41, 5.74) is 4.73. The number of aromatic nitrogens is 2. The third-order valence-corrected chi connectivity index (χ3v) is 5.62. The van der Waals surface area contributed by atoms with Crippen LogP contribution >= 0.6 is 0 Å². The van der Waals surface area contributed by atoms with Crippen LogP contribution in [0.15, 0.2) is 119 Å². The number of hydrogen-bond donors (Lipinski definition) is 4. The van der Waals surface area contributed by atoms with Crippen LogP contribution in [-0.4, -0.2) is 34.2 Å². The van der Waals surface area contributed by atoms with Gasteiger partial charge in [-0.05, 0) is 66.7 Å². The number of rotatable bonds is 8. The first kappa shape index (κ1) is 24.2. The van der Waals surface area contributed by atoms with E-state index >= 15 is 0 Å². The van der Waals surface area contributed by atoms with Crippen LogP contribution in [-0.2, 0) is 0 Å². The van der Waals surface area contributed by atoms with Crippen LogP contribution in [0, 0.1) is 0 Å². The first-order chi connectivity index (χ1) is 18.7. The molecule has 0 aliphatic rings. The molecule has 0 aliphatic heterocycles. The number of amides is 2. The van der Waals surface area contributed by atoms with Crippen molar-refractivity contribution in [2.75, 3.05) is 10.6 Å². The average Bonchev–Trinajstić information content (AvgIpc) is 3.67. The number of carbonyl (C=O) groups is 2. The van der Waals surface area contributed by atoms with Crippen LogP contribution < -0.4 is 10.6 Å². The van der Waals surface area contributed by atoms with Gasteiger partial charge in [0, 0.05) is 23.5 Å².